The van der Waals surface area contributed by atoms with Crippen LogP contribution >= 0.6 is 31.9 Å². The second-order valence-electron chi connectivity index (χ2n) is 27.9. The summed E-state index contributed by atoms with van der Waals surface area (Å²) in [5, 5.41) is 14.5. The summed E-state index contributed by atoms with van der Waals surface area (Å²) in [6.07, 6.45) is 0. The van der Waals surface area contributed by atoms with Gasteiger partial charge in [-0.05, 0) is 259 Å². The van der Waals surface area contributed by atoms with Gasteiger partial charge in [-0.25, -0.2) is 0 Å². The number of benzene rings is 18. The SMILES string of the molecule is Cc1ccc(N(c2ccccc2)c2cc(Br)c3c(c2)oc2cc(-c4ccccc4-c4ccc(-c5cc6ccccc6c6ccccc56)cc4)cc(Br)c23)cc1.Cc1ccc(N(c2ccccc2)c2ccc3c(c2)oc2cc(-c4ccccc4-c4ccc(-c5cc6ccccc6c6ccccc56)cc4)ccc23)cc1. The quantitative estimate of drug-likeness (QED) is 0.114. The second-order valence-corrected chi connectivity index (χ2v) is 29.6. The Bertz CT molecular complexity index is 6830. The zero-order valence-corrected chi connectivity index (χ0v) is 62.4. The van der Waals surface area contributed by atoms with Crippen LogP contribution in [0.4, 0.5) is 34.1 Å². The van der Waals surface area contributed by atoms with Gasteiger partial charge in [-0.3, -0.25) is 0 Å². The van der Waals surface area contributed by atoms with Crippen molar-refractivity contribution >= 4 is 153 Å². The fourth-order valence-electron chi connectivity index (χ4n) is 15.9. The molecule has 0 bridgehead atoms. The molecule has 18 aromatic carbocycles. The fourth-order valence-corrected chi connectivity index (χ4v) is 17.2. The van der Waals surface area contributed by atoms with Gasteiger partial charge in [-0.1, -0.05) is 272 Å². The maximum Gasteiger partial charge on any atom is 0.138 e. The van der Waals surface area contributed by atoms with Crippen molar-refractivity contribution in [3.8, 4) is 66.8 Å². The predicted octanol–water partition coefficient (Wildman–Crippen LogP) is 30.9. The Morgan fingerprint density at radius 1 is 0.204 bits per heavy atom. The Balaban J connectivity index is 0.000000147. The van der Waals surface area contributed by atoms with E-state index >= 15 is 0 Å². The molecule has 108 heavy (non-hydrogen) atoms. The first kappa shape index (κ1) is 65.9. The van der Waals surface area contributed by atoms with Crippen LogP contribution < -0.4 is 9.80 Å². The van der Waals surface area contributed by atoms with Crippen molar-refractivity contribution in [2.45, 2.75) is 13.8 Å². The first-order chi connectivity index (χ1) is 53.2. The predicted molar refractivity (Wildman–Crippen MR) is 464 cm³/mol. The highest BCUT2D eigenvalue weighted by Crippen LogP contribution is 2.48. The van der Waals surface area contributed by atoms with E-state index in [2.05, 4.69) is 426 Å². The Hall–Kier alpha value is -12.8. The second kappa shape index (κ2) is 27.9. The van der Waals surface area contributed by atoms with E-state index in [0.29, 0.717) is 0 Å². The van der Waals surface area contributed by atoms with Crippen molar-refractivity contribution < 1.29 is 8.83 Å². The number of anilines is 6. The number of halogens is 2. The topological polar surface area (TPSA) is 32.8 Å². The van der Waals surface area contributed by atoms with Crippen LogP contribution in [0.3, 0.4) is 0 Å². The molecule has 20 rings (SSSR count). The number of nitrogens with zero attached hydrogens (tertiary/aromatic N) is 2. The van der Waals surface area contributed by atoms with Crippen molar-refractivity contribution in [3.63, 3.8) is 0 Å². The third-order valence-corrected chi connectivity index (χ3v) is 22.4. The molecule has 0 amide bonds. The molecule has 2 aromatic heterocycles. The van der Waals surface area contributed by atoms with Crippen molar-refractivity contribution in [3.05, 3.63) is 396 Å². The van der Waals surface area contributed by atoms with Crippen molar-refractivity contribution in [2.75, 3.05) is 9.80 Å². The average Bonchev–Trinajstić information content (AvgIpc) is 1.77. The minimum Gasteiger partial charge on any atom is -0.456 e. The normalized spacial score (nSPS) is 11.5. The van der Waals surface area contributed by atoms with Crippen LogP contribution in [-0.2, 0) is 0 Å². The monoisotopic (exact) mass is 1510 g/mol. The maximum atomic E-state index is 6.75. The van der Waals surface area contributed by atoms with Crippen LogP contribution in [-0.4, -0.2) is 0 Å². The number of furan rings is 2. The highest BCUT2D eigenvalue weighted by Gasteiger charge is 2.23. The minimum atomic E-state index is 0.815. The largest absolute Gasteiger partial charge is 0.456 e. The van der Waals surface area contributed by atoms with Gasteiger partial charge in [-0.2, -0.15) is 0 Å². The van der Waals surface area contributed by atoms with Gasteiger partial charge in [0.15, 0.2) is 0 Å². The third-order valence-electron chi connectivity index (χ3n) is 21.2. The van der Waals surface area contributed by atoms with Gasteiger partial charge >= 0.3 is 0 Å². The summed E-state index contributed by atoms with van der Waals surface area (Å²) in [6.45, 7) is 4.23. The van der Waals surface area contributed by atoms with E-state index in [0.717, 1.165) is 109 Å². The summed E-state index contributed by atoms with van der Waals surface area (Å²) >= 11 is 7.92. The molecule has 0 radical (unpaired) electrons. The van der Waals surface area contributed by atoms with Crippen LogP contribution in [0, 0.1) is 13.8 Å². The molecule has 20 aromatic rings. The molecular weight excluding hydrogens is 1440 g/mol. The number of rotatable bonds is 12. The van der Waals surface area contributed by atoms with Gasteiger partial charge in [-0.15, -0.1) is 0 Å². The number of hydrogen-bond donors (Lipinski definition) is 0. The molecule has 0 aliphatic heterocycles. The zero-order valence-electron chi connectivity index (χ0n) is 59.3. The molecule has 0 saturated heterocycles. The molecule has 512 valence electrons. The summed E-state index contributed by atoms with van der Waals surface area (Å²) < 4.78 is 15.4. The number of hydrogen-bond acceptors (Lipinski definition) is 4. The van der Waals surface area contributed by atoms with E-state index in [1.807, 2.05) is 6.07 Å². The Kier molecular flexibility index (Phi) is 17.0. The van der Waals surface area contributed by atoms with Gasteiger partial charge < -0.3 is 18.6 Å². The molecule has 0 unspecified atom stereocenters. The van der Waals surface area contributed by atoms with E-state index in [1.54, 1.807) is 0 Å². The molecule has 4 nitrogen and oxygen atoms in total. The van der Waals surface area contributed by atoms with Crippen molar-refractivity contribution in [2.24, 2.45) is 0 Å². The molecule has 6 heteroatoms. The van der Waals surface area contributed by atoms with E-state index in [1.165, 1.54) is 98.7 Å². The lowest BCUT2D eigenvalue weighted by atomic mass is 9.91. The summed E-state index contributed by atoms with van der Waals surface area (Å²) in [6, 6.07) is 135. The standard InChI is InChI=1S/C51H33Br2NO.C51H35NO/c1-32-19-25-38(26-20-32)54(37-12-3-2-4-13-37)39-30-47(53)51-49(31-39)55-48-29-36(28-46(52)50(48)51)42-16-8-7-14-40(42)33-21-23-34(24-22-33)45-27-35-11-5-6-15-41(35)43-17-9-10-18-44(43)45;1-34-19-26-40(27-20-34)52(39-12-3-2-4-13-39)41-28-30-48-47-29-25-38(32-50(47)53-51(48)33-41)43-15-8-7-14-42(43)35-21-23-36(24-22-35)49-31-37-11-5-6-16-44(37)45-17-9-10-18-46(45)49/h2-31H,1H3;2-33H,1H3. The van der Waals surface area contributed by atoms with Crippen LogP contribution in [0.5, 0.6) is 0 Å². The van der Waals surface area contributed by atoms with Crippen LogP contribution in [0.15, 0.2) is 394 Å². The molecule has 0 aliphatic rings. The molecule has 0 N–H and O–H groups in total. The van der Waals surface area contributed by atoms with Gasteiger partial charge in [0.2, 0.25) is 0 Å². The van der Waals surface area contributed by atoms with E-state index in [9.17, 15) is 0 Å². The van der Waals surface area contributed by atoms with Gasteiger partial charge in [0.05, 0.1) is 5.69 Å². The molecule has 0 spiro atoms. The maximum absolute atomic E-state index is 6.75. The summed E-state index contributed by atoms with van der Waals surface area (Å²) in [4.78, 5) is 4.54. The first-order valence-electron chi connectivity index (χ1n) is 36.5. The Morgan fingerprint density at radius 3 is 1.03 bits per heavy atom. The third kappa shape index (κ3) is 12.2. The molecule has 0 fully saturated rings. The van der Waals surface area contributed by atoms with Gasteiger partial charge in [0, 0.05) is 71.1 Å². The molecular formula is C102H68Br2N2O2. The lowest BCUT2D eigenvalue weighted by Crippen LogP contribution is -2.09. The smallest absolute Gasteiger partial charge is 0.138 e. The average molecular weight is 1510 g/mol. The Labute approximate surface area is 643 Å². The van der Waals surface area contributed by atoms with Gasteiger partial charge in [0.1, 0.15) is 22.3 Å². The first-order valence-corrected chi connectivity index (χ1v) is 38.1. The zero-order chi connectivity index (χ0) is 72.3. The highest BCUT2D eigenvalue weighted by molar-refractivity contribution is 9.11. The fraction of sp³-hybridized carbons (Fsp3) is 0.0196. The summed E-state index contributed by atoms with van der Waals surface area (Å²) in [5.74, 6) is 0. The summed E-state index contributed by atoms with van der Waals surface area (Å²) in [5.41, 5.74) is 26.4. The van der Waals surface area contributed by atoms with E-state index in [-0.39, 0.29) is 0 Å². The van der Waals surface area contributed by atoms with Crippen LogP contribution in [0.1, 0.15) is 11.1 Å². The Morgan fingerprint density at radius 2 is 0.528 bits per heavy atom. The highest BCUT2D eigenvalue weighted by atomic mass is 79.9. The van der Waals surface area contributed by atoms with Crippen LogP contribution in [0.25, 0.3) is 154 Å². The number of fused-ring (bicyclic) bond motifs is 12. The van der Waals surface area contributed by atoms with Gasteiger partial charge in [0.25, 0.3) is 0 Å². The number of aryl methyl sites for hydroxylation is 2. The van der Waals surface area contributed by atoms with E-state index < -0.39 is 0 Å². The molecule has 0 aliphatic carbocycles. The lowest BCUT2D eigenvalue weighted by molar-refractivity contribution is 0.668. The minimum absolute atomic E-state index is 0.815. The van der Waals surface area contributed by atoms with E-state index in [4.69, 9.17) is 8.83 Å². The lowest BCUT2D eigenvalue weighted by Gasteiger charge is -2.25. The van der Waals surface area contributed by atoms with Crippen LogP contribution in [0.2, 0.25) is 0 Å². The van der Waals surface area contributed by atoms with Crippen molar-refractivity contribution in [1.82, 2.24) is 0 Å². The molecule has 0 atom stereocenters. The number of para-hydroxylation sites is 2. The van der Waals surface area contributed by atoms with Crippen molar-refractivity contribution in [1.29, 1.82) is 0 Å². The molecule has 0 saturated carbocycles. The molecule has 2 heterocycles. The summed E-state index contributed by atoms with van der Waals surface area (Å²) in [7, 11) is 0.